The van der Waals surface area contributed by atoms with Crippen LogP contribution in [-0.4, -0.2) is 28.7 Å². The van der Waals surface area contributed by atoms with E-state index in [0.29, 0.717) is 0 Å². The molecule has 0 fully saturated rings. The molecule has 0 saturated carbocycles. The predicted octanol–water partition coefficient (Wildman–Crippen LogP) is 1.99. The monoisotopic (exact) mass is 422 g/mol. The largest absolute Gasteiger partial charge is 0.459 e. The van der Waals surface area contributed by atoms with Crippen LogP contribution in [-0.2, 0) is 11.2 Å². The normalized spacial score (nSPS) is 11.2. The summed E-state index contributed by atoms with van der Waals surface area (Å²) in [4.78, 5) is 47.5. The maximum atomic E-state index is 12.7. The van der Waals surface area contributed by atoms with Crippen LogP contribution >= 0.6 is 0 Å². The molecule has 0 bridgehead atoms. The number of amides is 3. The van der Waals surface area contributed by atoms with Gasteiger partial charge in [-0.15, -0.1) is 0 Å². The Morgan fingerprint density at radius 1 is 0.935 bits per heavy atom. The first-order valence-corrected chi connectivity index (χ1v) is 9.17. The van der Waals surface area contributed by atoms with Gasteiger partial charge in [-0.3, -0.25) is 35.3 Å². The van der Waals surface area contributed by atoms with E-state index >= 15 is 0 Å². The van der Waals surface area contributed by atoms with Crippen molar-refractivity contribution in [3.05, 3.63) is 100.0 Å². The molecule has 1 unspecified atom stereocenters. The Hall–Kier alpha value is -4.47. The molecule has 0 radical (unpaired) electrons. The van der Waals surface area contributed by atoms with Crippen LogP contribution in [0.2, 0.25) is 0 Å². The third-order valence-corrected chi connectivity index (χ3v) is 4.27. The Kier molecular flexibility index (Phi) is 6.74. The van der Waals surface area contributed by atoms with Gasteiger partial charge >= 0.3 is 0 Å². The Morgan fingerprint density at radius 2 is 1.71 bits per heavy atom. The zero-order valence-electron chi connectivity index (χ0n) is 16.1. The van der Waals surface area contributed by atoms with Crippen molar-refractivity contribution in [2.45, 2.75) is 12.5 Å². The van der Waals surface area contributed by atoms with Crippen LogP contribution in [0.3, 0.4) is 0 Å². The first-order valence-electron chi connectivity index (χ1n) is 9.17. The number of hydrogen-bond donors (Lipinski definition) is 3. The van der Waals surface area contributed by atoms with Crippen LogP contribution in [0.4, 0.5) is 5.69 Å². The van der Waals surface area contributed by atoms with Gasteiger partial charge in [-0.05, 0) is 23.8 Å². The number of nitrogens with one attached hydrogen (secondary N) is 3. The van der Waals surface area contributed by atoms with E-state index in [2.05, 4.69) is 16.2 Å². The molecule has 0 spiro atoms. The van der Waals surface area contributed by atoms with Gasteiger partial charge in [0.15, 0.2) is 5.76 Å². The van der Waals surface area contributed by atoms with E-state index in [9.17, 15) is 24.5 Å². The van der Waals surface area contributed by atoms with E-state index in [0.717, 1.165) is 11.6 Å². The number of nitro benzene ring substituents is 1. The Morgan fingerprint density at radius 3 is 2.39 bits per heavy atom. The summed E-state index contributed by atoms with van der Waals surface area (Å²) in [6.07, 6.45) is 1.49. The summed E-state index contributed by atoms with van der Waals surface area (Å²) in [5, 5.41) is 13.4. The molecule has 1 heterocycles. The van der Waals surface area contributed by atoms with Crippen LogP contribution in [0.1, 0.15) is 26.5 Å². The summed E-state index contributed by atoms with van der Waals surface area (Å²) in [7, 11) is 0. The lowest BCUT2D eigenvalue weighted by atomic mass is 10.1. The molecule has 3 aromatic rings. The molecule has 158 valence electrons. The van der Waals surface area contributed by atoms with E-state index in [4.69, 9.17) is 4.42 Å². The molecule has 31 heavy (non-hydrogen) atoms. The lowest BCUT2D eigenvalue weighted by Gasteiger charge is -2.18. The molecular formula is C21H18N4O6. The second-order valence-corrected chi connectivity index (χ2v) is 6.44. The molecule has 0 aliphatic heterocycles. The van der Waals surface area contributed by atoms with Gasteiger partial charge in [-0.2, -0.15) is 0 Å². The average molecular weight is 422 g/mol. The minimum Gasteiger partial charge on any atom is -0.459 e. The Labute approximate surface area is 176 Å². The molecule has 3 rings (SSSR count). The van der Waals surface area contributed by atoms with Crippen molar-refractivity contribution in [3.8, 4) is 0 Å². The summed E-state index contributed by atoms with van der Waals surface area (Å²) >= 11 is 0. The minimum absolute atomic E-state index is 0.00581. The molecule has 10 nitrogen and oxygen atoms in total. The van der Waals surface area contributed by atoms with Gasteiger partial charge in [0.2, 0.25) is 0 Å². The zero-order chi connectivity index (χ0) is 22.2. The summed E-state index contributed by atoms with van der Waals surface area (Å²) in [5.74, 6) is -1.98. The lowest BCUT2D eigenvalue weighted by Crippen LogP contribution is -2.53. The van der Waals surface area contributed by atoms with E-state index in [1.54, 1.807) is 30.3 Å². The summed E-state index contributed by atoms with van der Waals surface area (Å²) in [5.41, 5.74) is 4.97. The number of non-ortho nitro benzene ring substituents is 1. The Bertz CT molecular complexity index is 1080. The van der Waals surface area contributed by atoms with Gasteiger partial charge < -0.3 is 9.73 Å². The fourth-order valence-electron chi connectivity index (χ4n) is 2.73. The second kappa shape index (κ2) is 9.83. The number of hydrazine groups is 1. The van der Waals surface area contributed by atoms with E-state index in [1.165, 1.54) is 30.5 Å². The molecule has 0 saturated heterocycles. The van der Waals surface area contributed by atoms with Crippen molar-refractivity contribution in [1.29, 1.82) is 0 Å². The van der Waals surface area contributed by atoms with Gasteiger partial charge in [0.05, 0.1) is 11.2 Å². The SMILES string of the molecule is O=C(NNC(=O)C(Cc1ccccc1)NC(=O)c1ccco1)c1cccc([N+](=O)[O-])c1. The number of hydrogen-bond acceptors (Lipinski definition) is 6. The fraction of sp³-hybridized carbons (Fsp3) is 0.0952. The number of furan rings is 1. The van der Waals surface area contributed by atoms with Gasteiger partial charge in [0.1, 0.15) is 6.04 Å². The smallest absolute Gasteiger partial charge is 0.287 e. The van der Waals surface area contributed by atoms with Gasteiger partial charge in [-0.1, -0.05) is 36.4 Å². The van der Waals surface area contributed by atoms with Gasteiger partial charge in [0, 0.05) is 24.1 Å². The fourth-order valence-corrected chi connectivity index (χ4v) is 2.73. The molecule has 0 aliphatic carbocycles. The van der Waals surface area contributed by atoms with Crippen LogP contribution in [0.25, 0.3) is 0 Å². The van der Waals surface area contributed by atoms with Gasteiger partial charge in [-0.25, -0.2) is 0 Å². The number of rotatable bonds is 7. The summed E-state index contributed by atoms with van der Waals surface area (Å²) < 4.78 is 5.04. The topological polar surface area (TPSA) is 144 Å². The first kappa shape index (κ1) is 21.2. The highest BCUT2D eigenvalue weighted by Crippen LogP contribution is 2.12. The van der Waals surface area contributed by atoms with Crippen molar-refractivity contribution in [2.24, 2.45) is 0 Å². The number of carbonyl (C=O) groups is 3. The van der Waals surface area contributed by atoms with Crippen molar-refractivity contribution >= 4 is 23.4 Å². The maximum Gasteiger partial charge on any atom is 0.287 e. The average Bonchev–Trinajstić information content (AvgIpc) is 3.32. The van der Waals surface area contributed by atoms with Crippen molar-refractivity contribution in [1.82, 2.24) is 16.2 Å². The molecular weight excluding hydrogens is 404 g/mol. The molecule has 2 aromatic carbocycles. The molecule has 0 aliphatic rings. The van der Waals surface area contributed by atoms with E-state index < -0.39 is 28.7 Å². The highest BCUT2D eigenvalue weighted by Gasteiger charge is 2.24. The first-order chi connectivity index (χ1) is 14.9. The number of carbonyl (C=O) groups excluding carboxylic acids is 3. The third kappa shape index (κ3) is 5.76. The second-order valence-electron chi connectivity index (χ2n) is 6.44. The maximum absolute atomic E-state index is 12.7. The van der Waals surface area contributed by atoms with Crippen molar-refractivity contribution in [2.75, 3.05) is 0 Å². The summed E-state index contributed by atoms with van der Waals surface area (Å²) in [6, 6.07) is 16.0. The third-order valence-electron chi connectivity index (χ3n) is 4.27. The van der Waals surface area contributed by atoms with Crippen LogP contribution < -0.4 is 16.2 Å². The van der Waals surface area contributed by atoms with Crippen molar-refractivity contribution < 1.29 is 23.7 Å². The van der Waals surface area contributed by atoms with E-state index in [1.807, 2.05) is 6.07 Å². The van der Waals surface area contributed by atoms with Crippen LogP contribution in [0, 0.1) is 10.1 Å². The molecule has 3 amide bonds. The highest BCUT2D eigenvalue weighted by molar-refractivity contribution is 5.98. The van der Waals surface area contributed by atoms with Crippen LogP contribution in [0.5, 0.6) is 0 Å². The van der Waals surface area contributed by atoms with Gasteiger partial charge in [0.25, 0.3) is 23.4 Å². The highest BCUT2D eigenvalue weighted by atomic mass is 16.6. The standard InChI is InChI=1S/C21H18N4O6/c26-19(15-8-4-9-16(13-15)25(29)30)23-24-20(27)17(12-14-6-2-1-3-7-14)22-21(28)18-10-5-11-31-18/h1-11,13,17H,12H2,(H,22,28)(H,23,26)(H,24,27). The van der Waals surface area contributed by atoms with Crippen LogP contribution in [0.15, 0.2) is 77.4 Å². The number of benzene rings is 2. The Balaban J connectivity index is 1.68. The number of nitro groups is 1. The van der Waals surface area contributed by atoms with E-state index in [-0.39, 0.29) is 23.4 Å². The number of nitrogens with zero attached hydrogens (tertiary/aromatic N) is 1. The minimum atomic E-state index is -1.02. The quantitative estimate of drug-likeness (QED) is 0.392. The molecule has 3 N–H and O–H groups in total. The lowest BCUT2D eigenvalue weighted by molar-refractivity contribution is -0.384. The molecule has 10 heteroatoms. The molecule has 1 atom stereocenters. The predicted molar refractivity (Wildman–Crippen MR) is 109 cm³/mol. The zero-order valence-corrected chi connectivity index (χ0v) is 16.1. The van der Waals surface area contributed by atoms with Crippen molar-refractivity contribution in [3.63, 3.8) is 0 Å². The molecule has 1 aromatic heterocycles. The summed E-state index contributed by atoms with van der Waals surface area (Å²) in [6.45, 7) is 0.